The van der Waals surface area contributed by atoms with Crippen molar-refractivity contribution in [3.05, 3.63) is 128 Å². The maximum Gasteiger partial charge on any atom is 0.101 e. The Morgan fingerprint density at radius 1 is 0.681 bits per heavy atom. The molecule has 0 unspecified atom stereocenters. The highest BCUT2D eigenvalue weighted by molar-refractivity contribution is 7.17. The minimum atomic E-state index is 0.673. The van der Waals surface area contributed by atoms with Crippen LogP contribution in [-0.4, -0.2) is 9.13 Å². The molecule has 7 aromatic rings. The zero-order valence-corrected chi connectivity index (χ0v) is 26.8. The number of thiophene rings is 1. The minimum absolute atomic E-state index is 0.673. The van der Waals surface area contributed by atoms with Crippen molar-refractivity contribution in [2.24, 2.45) is 0 Å². The van der Waals surface area contributed by atoms with Crippen molar-refractivity contribution in [3.63, 3.8) is 0 Å². The predicted octanol–water partition coefficient (Wildman–Crippen LogP) is 7.88. The van der Waals surface area contributed by atoms with Gasteiger partial charge in [-0.05, 0) is 79.1 Å². The van der Waals surface area contributed by atoms with Gasteiger partial charge in [-0.2, -0.15) is 5.26 Å². The molecule has 3 aliphatic rings. The number of allylic oxidation sites excluding steroid dienone is 1. The smallest absolute Gasteiger partial charge is 0.101 e. The van der Waals surface area contributed by atoms with Crippen LogP contribution in [0.3, 0.4) is 0 Å². The first-order chi connectivity index (χ1) is 23.3. The van der Waals surface area contributed by atoms with Gasteiger partial charge in [0.25, 0.3) is 0 Å². The van der Waals surface area contributed by atoms with Gasteiger partial charge in [-0.25, -0.2) is 0 Å². The van der Waals surface area contributed by atoms with Crippen LogP contribution in [0.4, 0.5) is 0 Å². The van der Waals surface area contributed by atoms with E-state index < -0.39 is 0 Å². The van der Waals surface area contributed by atoms with E-state index >= 15 is 0 Å². The summed E-state index contributed by atoms with van der Waals surface area (Å²) >= 11 is 1.96. The normalized spacial score (nSPS) is 15.1. The second-order valence-electron chi connectivity index (χ2n) is 12.9. The number of para-hydroxylation sites is 2. The Bertz CT molecular complexity index is 2810. The number of fused-ring (bicyclic) bond motifs is 9. The van der Waals surface area contributed by atoms with Crippen molar-refractivity contribution in [2.45, 2.75) is 38.5 Å². The molecular weight excluding hydrogens is 591 g/mol. The minimum Gasteiger partial charge on any atom is -0.316 e. The highest BCUT2D eigenvalue weighted by atomic mass is 32.1. The fraction of sp³-hybridized carbons (Fsp3) is 0.140. The van der Waals surface area contributed by atoms with Crippen molar-refractivity contribution in [3.8, 4) is 22.9 Å². The molecule has 4 heteroatoms. The summed E-state index contributed by atoms with van der Waals surface area (Å²) in [6.07, 6.45) is 18.7. The Kier molecular flexibility index (Phi) is 5.89. The molecule has 0 saturated carbocycles. The maximum absolute atomic E-state index is 10.0. The van der Waals surface area contributed by atoms with Gasteiger partial charge in [-0.15, -0.1) is 11.3 Å². The Labute approximate surface area is 276 Å². The van der Waals surface area contributed by atoms with E-state index in [1.165, 1.54) is 69.3 Å². The third-order valence-corrected chi connectivity index (χ3v) is 11.6. The first kappa shape index (κ1) is 26.8. The van der Waals surface area contributed by atoms with Crippen LogP contribution in [-0.2, 0) is 6.42 Å². The predicted molar refractivity (Wildman–Crippen MR) is 197 cm³/mol. The van der Waals surface area contributed by atoms with Crippen molar-refractivity contribution in [1.29, 1.82) is 5.26 Å². The van der Waals surface area contributed by atoms with E-state index in [-0.39, 0.29) is 0 Å². The molecule has 3 heterocycles. The number of hydrogen-bond donors (Lipinski definition) is 0. The Morgan fingerprint density at radius 2 is 1.51 bits per heavy atom. The molecule has 0 N–H and O–H groups in total. The molecule has 0 bridgehead atoms. The van der Waals surface area contributed by atoms with E-state index in [0.717, 1.165) is 55.2 Å². The van der Waals surface area contributed by atoms with Crippen LogP contribution in [0.15, 0.2) is 91.0 Å². The lowest BCUT2D eigenvalue weighted by Crippen LogP contribution is -2.36. The fourth-order valence-corrected chi connectivity index (χ4v) is 9.73. The van der Waals surface area contributed by atoms with Gasteiger partial charge in [-0.1, -0.05) is 91.0 Å². The SMILES string of the molecule is N#Cc1ccccc1-n1c2ccccc2c2ccc(-c3cccc4c5c(sc34)=C(n3c4c(c6c3=CCCC=6)C=CCC4)CCC=5)cc21. The molecule has 0 fully saturated rings. The number of aromatic nitrogens is 2. The second kappa shape index (κ2) is 10.3. The third-order valence-electron chi connectivity index (χ3n) is 10.3. The molecule has 3 aliphatic carbocycles. The number of nitrogens with zero attached hydrogens (tertiary/aromatic N) is 3. The van der Waals surface area contributed by atoms with Crippen LogP contribution >= 0.6 is 11.3 Å². The van der Waals surface area contributed by atoms with Gasteiger partial charge in [0.2, 0.25) is 0 Å². The van der Waals surface area contributed by atoms with Crippen molar-refractivity contribution < 1.29 is 0 Å². The zero-order valence-electron chi connectivity index (χ0n) is 26.0. The molecule has 0 atom stereocenters. The van der Waals surface area contributed by atoms with Gasteiger partial charge < -0.3 is 9.13 Å². The van der Waals surface area contributed by atoms with E-state index in [0.29, 0.717) is 5.56 Å². The second-order valence-corrected chi connectivity index (χ2v) is 13.9. The van der Waals surface area contributed by atoms with Gasteiger partial charge in [0.05, 0.1) is 26.8 Å². The van der Waals surface area contributed by atoms with Crippen molar-refractivity contribution >= 4 is 73.2 Å². The summed E-state index contributed by atoms with van der Waals surface area (Å²) in [5.74, 6) is 0. The van der Waals surface area contributed by atoms with E-state index in [1.807, 2.05) is 29.5 Å². The summed E-state index contributed by atoms with van der Waals surface area (Å²) in [5, 5.41) is 18.0. The van der Waals surface area contributed by atoms with Crippen LogP contribution in [0.25, 0.3) is 78.7 Å². The Hall–Kier alpha value is -5.37. The van der Waals surface area contributed by atoms with Crippen LogP contribution in [0.5, 0.6) is 0 Å². The monoisotopic (exact) mass is 621 g/mol. The van der Waals surface area contributed by atoms with Crippen LogP contribution in [0.2, 0.25) is 0 Å². The molecule has 0 spiro atoms. The van der Waals surface area contributed by atoms with Gasteiger partial charge in [0.1, 0.15) is 6.07 Å². The quantitative estimate of drug-likeness (QED) is 0.198. The number of hydrogen-bond acceptors (Lipinski definition) is 2. The third kappa shape index (κ3) is 3.84. The standard InChI is InChI=1S/C43H31N3S/c44-26-28-11-1-5-18-36(28)45-37-19-6-4-14-32(37)33-24-23-27(25-41(33)45)29-15-9-16-34-35-17-10-22-40(43(35)47-42(29)34)46-38-20-7-2-12-30(38)31-13-3-8-21-39(31)46/h1-2,4-6,9,11-19,21,23-25H,3,7-8,10,20,22H2. The molecule has 4 aromatic carbocycles. The Morgan fingerprint density at radius 3 is 2.47 bits per heavy atom. The molecule has 0 amide bonds. The number of nitriles is 1. The molecule has 0 aliphatic heterocycles. The van der Waals surface area contributed by atoms with Gasteiger partial charge >= 0.3 is 0 Å². The van der Waals surface area contributed by atoms with Crippen LogP contribution in [0.1, 0.15) is 48.9 Å². The van der Waals surface area contributed by atoms with Crippen LogP contribution < -0.4 is 20.3 Å². The summed E-state index contributed by atoms with van der Waals surface area (Å²) in [6.45, 7) is 0. The molecule has 224 valence electrons. The average Bonchev–Trinajstić information content (AvgIpc) is 3.79. The summed E-state index contributed by atoms with van der Waals surface area (Å²) in [7, 11) is 0. The molecule has 10 rings (SSSR count). The van der Waals surface area contributed by atoms with Crippen LogP contribution in [0, 0.1) is 11.3 Å². The lowest BCUT2D eigenvalue weighted by Gasteiger charge is -2.17. The van der Waals surface area contributed by atoms with E-state index in [2.05, 4.69) is 112 Å². The van der Waals surface area contributed by atoms with E-state index in [1.54, 1.807) is 0 Å². The Balaban J connectivity index is 1.25. The molecular formula is C43H31N3S. The molecule has 3 aromatic heterocycles. The lowest BCUT2D eigenvalue weighted by atomic mass is 10.0. The molecule has 3 nitrogen and oxygen atoms in total. The van der Waals surface area contributed by atoms with E-state index in [4.69, 9.17) is 0 Å². The first-order valence-corrected chi connectivity index (χ1v) is 17.5. The highest BCUT2D eigenvalue weighted by Gasteiger charge is 2.22. The van der Waals surface area contributed by atoms with Gasteiger partial charge in [-0.3, -0.25) is 0 Å². The van der Waals surface area contributed by atoms with Crippen molar-refractivity contribution in [2.75, 3.05) is 0 Å². The average molecular weight is 622 g/mol. The summed E-state index contributed by atoms with van der Waals surface area (Å²) in [6, 6.07) is 32.6. The van der Waals surface area contributed by atoms with Gasteiger partial charge in [0.15, 0.2) is 0 Å². The number of benzene rings is 4. The zero-order chi connectivity index (χ0) is 31.1. The summed E-state index contributed by atoms with van der Waals surface area (Å²) in [5.41, 5.74) is 10.7. The van der Waals surface area contributed by atoms with Gasteiger partial charge in [0, 0.05) is 48.4 Å². The first-order valence-electron chi connectivity index (χ1n) is 16.7. The maximum atomic E-state index is 10.0. The lowest BCUT2D eigenvalue weighted by molar-refractivity contribution is 0.834. The largest absolute Gasteiger partial charge is 0.316 e. The molecule has 0 radical (unpaired) electrons. The van der Waals surface area contributed by atoms with E-state index in [9.17, 15) is 5.26 Å². The topological polar surface area (TPSA) is 33.6 Å². The fourth-order valence-electron chi connectivity index (χ4n) is 8.33. The molecule has 0 saturated heterocycles. The molecule has 47 heavy (non-hydrogen) atoms. The highest BCUT2D eigenvalue weighted by Crippen LogP contribution is 2.38. The summed E-state index contributed by atoms with van der Waals surface area (Å²) < 4.78 is 7.69. The van der Waals surface area contributed by atoms with Crippen molar-refractivity contribution in [1.82, 2.24) is 9.13 Å². The summed E-state index contributed by atoms with van der Waals surface area (Å²) in [4.78, 5) is 0. The number of rotatable bonds is 3.